The summed E-state index contributed by atoms with van der Waals surface area (Å²) >= 11 is 0. The molecular formula is C13H18N2O3. The normalized spacial score (nSPS) is 17.0. The smallest absolute Gasteiger partial charge is 0.250 e. The van der Waals surface area contributed by atoms with Gasteiger partial charge in [0.2, 0.25) is 5.91 Å². The second-order valence-electron chi connectivity index (χ2n) is 4.75. The van der Waals surface area contributed by atoms with Gasteiger partial charge in [-0.15, -0.1) is 0 Å². The summed E-state index contributed by atoms with van der Waals surface area (Å²) in [7, 11) is 0. The summed E-state index contributed by atoms with van der Waals surface area (Å²) in [5.41, 5.74) is 1.31. The topological polar surface area (TPSA) is 70.6 Å². The Kier molecular flexibility index (Phi) is 3.96. The molecule has 5 heteroatoms. The van der Waals surface area contributed by atoms with E-state index in [0.29, 0.717) is 5.69 Å². The molecule has 1 aliphatic rings. The molecule has 0 aromatic heterocycles. The number of rotatable bonds is 5. The molecule has 0 bridgehead atoms. The largest absolute Gasteiger partial charge is 0.392 e. The highest BCUT2D eigenvalue weighted by molar-refractivity contribution is 5.91. The maximum atomic E-state index is 11.6. The summed E-state index contributed by atoms with van der Waals surface area (Å²) in [6.45, 7) is 3.60. The Balaban J connectivity index is 1.79. The monoisotopic (exact) mass is 250 g/mol. The fourth-order valence-electron chi connectivity index (χ4n) is 1.71. The zero-order chi connectivity index (χ0) is 13.0. The molecule has 3 N–H and O–H groups in total. The highest BCUT2D eigenvalue weighted by atomic mass is 16.5. The number of aliphatic hydroxyl groups is 1. The van der Waals surface area contributed by atoms with Gasteiger partial charge in [-0.3, -0.25) is 4.79 Å². The molecule has 0 unspecified atom stereocenters. The van der Waals surface area contributed by atoms with Crippen molar-refractivity contribution >= 4 is 11.6 Å². The lowest BCUT2D eigenvalue weighted by Gasteiger charge is -2.38. The molecule has 18 heavy (non-hydrogen) atoms. The summed E-state index contributed by atoms with van der Waals surface area (Å²) < 4.78 is 5.53. The number of hydrogen-bond donors (Lipinski definition) is 3. The van der Waals surface area contributed by atoms with E-state index in [1.807, 2.05) is 6.92 Å². The van der Waals surface area contributed by atoms with E-state index >= 15 is 0 Å². The number of nitrogens with one attached hydrogen (secondary N) is 2. The van der Waals surface area contributed by atoms with Crippen molar-refractivity contribution in [3.8, 4) is 0 Å². The summed E-state index contributed by atoms with van der Waals surface area (Å²) in [6.07, 6.45) is 0. The van der Waals surface area contributed by atoms with Gasteiger partial charge in [0.1, 0.15) is 6.61 Å². The molecule has 0 radical (unpaired) electrons. The van der Waals surface area contributed by atoms with E-state index in [-0.39, 0.29) is 24.7 Å². The van der Waals surface area contributed by atoms with Crippen molar-refractivity contribution < 1.29 is 14.6 Å². The standard InChI is InChI=1S/C13H18N2O3/c1-13(8-14-9-13)18-7-12(17)15-11-4-2-10(6-16)3-5-11/h2-5,14,16H,6-9H2,1H3,(H,15,17). The lowest BCUT2D eigenvalue weighted by atomic mass is 10.0. The average molecular weight is 250 g/mol. The van der Waals surface area contributed by atoms with Crippen molar-refractivity contribution in [2.75, 3.05) is 25.0 Å². The van der Waals surface area contributed by atoms with E-state index < -0.39 is 0 Å². The molecule has 1 aliphatic heterocycles. The SMILES string of the molecule is CC1(OCC(=O)Nc2ccc(CO)cc2)CNC1. The first kappa shape index (κ1) is 13.0. The summed E-state index contributed by atoms with van der Waals surface area (Å²) in [4.78, 5) is 11.6. The number of amides is 1. The van der Waals surface area contributed by atoms with Gasteiger partial charge in [-0.25, -0.2) is 0 Å². The minimum Gasteiger partial charge on any atom is -0.392 e. The van der Waals surface area contributed by atoms with Gasteiger partial charge in [0, 0.05) is 18.8 Å². The van der Waals surface area contributed by atoms with Crippen LogP contribution in [0.1, 0.15) is 12.5 Å². The second kappa shape index (κ2) is 5.48. The summed E-state index contributed by atoms with van der Waals surface area (Å²) in [5, 5.41) is 14.8. The molecule has 1 aromatic rings. The third kappa shape index (κ3) is 3.29. The van der Waals surface area contributed by atoms with Crippen LogP contribution in [-0.2, 0) is 16.1 Å². The first-order valence-corrected chi connectivity index (χ1v) is 5.96. The van der Waals surface area contributed by atoms with Crippen LogP contribution in [0.3, 0.4) is 0 Å². The third-order valence-electron chi connectivity index (χ3n) is 2.97. The van der Waals surface area contributed by atoms with Crippen LogP contribution in [0.15, 0.2) is 24.3 Å². The molecule has 1 amide bonds. The van der Waals surface area contributed by atoms with Crippen molar-refractivity contribution in [1.82, 2.24) is 5.32 Å². The number of aliphatic hydroxyl groups excluding tert-OH is 1. The Hall–Kier alpha value is -1.43. The Bertz CT molecular complexity index is 413. The maximum Gasteiger partial charge on any atom is 0.250 e. The van der Waals surface area contributed by atoms with Crippen molar-refractivity contribution in [1.29, 1.82) is 0 Å². The first-order chi connectivity index (χ1) is 8.61. The van der Waals surface area contributed by atoms with Crippen molar-refractivity contribution in [3.05, 3.63) is 29.8 Å². The van der Waals surface area contributed by atoms with E-state index in [9.17, 15) is 4.79 Å². The molecular weight excluding hydrogens is 232 g/mol. The number of carbonyl (C=O) groups excluding carboxylic acids is 1. The zero-order valence-electron chi connectivity index (χ0n) is 10.4. The van der Waals surface area contributed by atoms with Gasteiger partial charge in [0.25, 0.3) is 0 Å². The zero-order valence-corrected chi connectivity index (χ0v) is 10.4. The number of ether oxygens (including phenoxy) is 1. The van der Waals surface area contributed by atoms with Gasteiger partial charge in [0.15, 0.2) is 0 Å². The lowest BCUT2D eigenvalue weighted by Crippen LogP contribution is -2.59. The Morgan fingerprint density at radius 3 is 2.61 bits per heavy atom. The highest BCUT2D eigenvalue weighted by Gasteiger charge is 2.32. The average Bonchev–Trinajstić information content (AvgIpc) is 2.35. The van der Waals surface area contributed by atoms with Crippen molar-refractivity contribution in [2.45, 2.75) is 19.1 Å². The molecule has 1 aromatic carbocycles. The minimum absolute atomic E-state index is 0.00267. The summed E-state index contributed by atoms with van der Waals surface area (Å²) in [6, 6.07) is 7.06. The molecule has 0 saturated carbocycles. The van der Waals surface area contributed by atoms with E-state index in [4.69, 9.17) is 9.84 Å². The third-order valence-corrected chi connectivity index (χ3v) is 2.97. The van der Waals surface area contributed by atoms with Crippen LogP contribution in [0.2, 0.25) is 0 Å². The van der Waals surface area contributed by atoms with E-state index in [0.717, 1.165) is 18.7 Å². The molecule has 1 saturated heterocycles. The molecule has 2 rings (SSSR count). The number of hydrogen-bond acceptors (Lipinski definition) is 4. The van der Waals surface area contributed by atoms with Crippen LogP contribution in [0.25, 0.3) is 0 Å². The predicted octanol–water partition coefficient (Wildman–Crippen LogP) is 0.496. The molecule has 1 heterocycles. The maximum absolute atomic E-state index is 11.6. The highest BCUT2D eigenvalue weighted by Crippen LogP contribution is 2.15. The van der Waals surface area contributed by atoms with Crippen LogP contribution in [-0.4, -0.2) is 36.3 Å². The fraction of sp³-hybridized carbons (Fsp3) is 0.462. The number of anilines is 1. The van der Waals surface area contributed by atoms with Crippen LogP contribution in [0.5, 0.6) is 0 Å². The minimum atomic E-state index is -0.210. The quantitative estimate of drug-likeness (QED) is 0.711. The molecule has 0 aliphatic carbocycles. The fourth-order valence-corrected chi connectivity index (χ4v) is 1.71. The first-order valence-electron chi connectivity index (χ1n) is 5.96. The van der Waals surface area contributed by atoms with Crippen LogP contribution < -0.4 is 10.6 Å². The van der Waals surface area contributed by atoms with Gasteiger partial charge in [-0.05, 0) is 24.6 Å². The van der Waals surface area contributed by atoms with Crippen molar-refractivity contribution in [2.24, 2.45) is 0 Å². The lowest BCUT2D eigenvalue weighted by molar-refractivity contribution is -0.130. The summed E-state index contributed by atoms with van der Waals surface area (Å²) in [5.74, 6) is -0.167. The molecule has 0 spiro atoms. The molecule has 98 valence electrons. The molecule has 1 fully saturated rings. The van der Waals surface area contributed by atoms with Crippen LogP contribution in [0, 0.1) is 0 Å². The van der Waals surface area contributed by atoms with Crippen molar-refractivity contribution in [3.63, 3.8) is 0 Å². The molecule has 0 atom stereocenters. The second-order valence-corrected chi connectivity index (χ2v) is 4.75. The van der Waals surface area contributed by atoms with Gasteiger partial charge < -0.3 is 20.5 Å². The Morgan fingerprint density at radius 2 is 2.11 bits per heavy atom. The van der Waals surface area contributed by atoms with E-state index in [1.165, 1.54) is 0 Å². The number of carbonyl (C=O) groups is 1. The molecule has 5 nitrogen and oxygen atoms in total. The van der Waals surface area contributed by atoms with Gasteiger partial charge in [-0.2, -0.15) is 0 Å². The number of benzene rings is 1. The van der Waals surface area contributed by atoms with E-state index in [2.05, 4.69) is 10.6 Å². The Morgan fingerprint density at radius 1 is 1.44 bits per heavy atom. The van der Waals surface area contributed by atoms with Gasteiger partial charge >= 0.3 is 0 Å². The predicted molar refractivity (Wildman–Crippen MR) is 68.2 cm³/mol. The van der Waals surface area contributed by atoms with Crippen LogP contribution >= 0.6 is 0 Å². The van der Waals surface area contributed by atoms with Crippen LogP contribution in [0.4, 0.5) is 5.69 Å². The van der Waals surface area contributed by atoms with E-state index in [1.54, 1.807) is 24.3 Å². The Labute approximate surface area is 106 Å². The van der Waals surface area contributed by atoms with Gasteiger partial charge in [-0.1, -0.05) is 12.1 Å². The van der Waals surface area contributed by atoms with Gasteiger partial charge in [0.05, 0.1) is 12.2 Å².